The standard InChI is InChI=1S/C19H28N6O/c1-4-18-14-24(22-21-18)12-17-6-5-9-23(11-17)19(26)8-7-16-10-20-25(13-16)15(2)3/h7-8,10,13-15,17H,4-6,9,11-12H2,1-3H3/b8-7+/t17-/m1/s1. The molecule has 26 heavy (non-hydrogen) atoms. The van der Waals surface area contributed by atoms with Gasteiger partial charge in [0.15, 0.2) is 0 Å². The van der Waals surface area contributed by atoms with Crippen molar-refractivity contribution >= 4 is 12.0 Å². The normalized spacial score (nSPS) is 18.2. The molecule has 1 aliphatic rings. The summed E-state index contributed by atoms with van der Waals surface area (Å²) in [7, 11) is 0. The first kappa shape index (κ1) is 18.4. The van der Waals surface area contributed by atoms with Gasteiger partial charge in [-0.15, -0.1) is 5.10 Å². The maximum atomic E-state index is 12.5. The highest BCUT2D eigenvalue weighted by atomic mass is 16.2. The SMILES string of the molecule is CCc1cn(C[C@@H]2CCCN(C(=O)/C=C/c3cnn(C(C)C)c3)C2)nn1. The summed E-state index contributed by atoms with van der Waals surface area (Å²) < 4.78 is 3.80. The van der Waals surface area contributed by atoms with E-state index in [0.717, 1.165) is 50.2 Å². The minimum absolute atomic E-state index is 0.0693. The van der Waals surface area contributed by atoms with E-state index in [4.69, 9.17) is 0 Å². The molecule has 0 saturated carbocycles. The number of hydrogen-bond donors (Lipinski definition) is 0. The molecule has 1 amide bonds. The molecule has 1 atom stereocenters. The molecule has 0 aromatic carbocycles. The first-order valence-corrected chi connectivity index (χ1v) is 9.45. The Bertz CT molecular complexity index is 760. The first-order valence-electron chi connectivity index (χ1n) is 9.45. The number of piperidine rings is 1. The number of aromatic nitrogens is 5. The van der Waals surface area contributed by atoms with Crippen molar-refractivity contribution in [3.63, 3.8) is 0 Å². The number of carbonyl (C=O) groups excluding carboxylic acids is 1. The highest BCUT2D eigenvalue weighted by molar-refractivity contribution is 5.91. The third-order valence-corrected chi connectivity index (χ3v) is 4.79. The third-order valence-electron chi connectivity index (χ3n) is 4.79. The quantitative estimate of drug-likeness (QED) is 0.746. The number of nitrogens with zero attached hydrogens (tertiary/aromatic N) is 6. The van der Waals surface area contributed by atoms with Gasteiger partial charge in [0.25, 0.3) is 0 Å². The monoisotopic (exact) mass is 356 g/mol. The van der Waals surface area contributed by atoms with E-state index in [1.807, 2.05) is 32.7 Å². The molecule has 7 heteroatoms. The molecule has 0 N–H and O–H groups in total. The van der Waals surface area contributed by atoms with Crippen LogP contribution in [0.25, 0.3) is 6.08 Å². The first-order chi connectivity index (χ1) is 12.5. The van der Waals surface area contributed by atoms with Crippen LogP contribution in [0, 0.1) is 5.92 Å². The van der Waals surface area contributed by atoms with Crippen LogP contribution in [0.15, 0.2) is 24.7 Å². The van der Waals surface area contributed by atoms with Gasteiger partial charge in [-0.1, -0.05) is 12.1 Å². The fourth-order valence-corrected chi connectivity index (χ4v) is 3.26. The number of likely N-dealkylation sites (tertiary alicyclic amines) is 1. The summed E-state index contributed by atoms with van der Waals surface area (Å²) in [5.41, 5.74) is 1.97. The van der Waals surface area contributed by atoms with Crippen LogP contribution in [0.5, 0.6) is 0 Å². The van der Waals surface area contributed by atoms with Crippen molar-refractivity contribution in [3.05, 3.63) is 35.9 Å². The predicted molar refractivity (Wildman–Crippen MR) is 100 cm³/mol. The fraction of sp³-hybridized carbons (Fsp3) is 0.579. The molecule has 140 valence electrons. The highest BCUT2D eigenvalue weighted by Crippen LogP contribution is 2.19. The van der Waals surface area contributed by atoms with Gasteiger partial charge in [0.1, 0.15) is 0 Å². The molecular weight excluding hydrogens is 328 g/mol. The van der Waals surface area contributed by atoms with Crippen LogP contribution in [0.3, 0.4) is 0 Å². The van der Waals surface area contributed by atoms with Crippen molar-refractivity contribution in [2.45, 2.75) is 52.6 Å². The van der Waals surface area contributed by atoms with E-state index in [1.54, 1.807) is 12.3 Å². The maximum absolute atomic E-state index is 12.5. The van der Waals surface area contributed by atoms with E-state index in [0.29, 0.717) is 12.0 Å². The van der Waals surface area contributed by atoms with Crippen molar-refractivity contribution in [1.29, 1.82) is 0 Å². The molecule has 2 aromatic rings. The van der Waals surface area contributed by atoms with E-state index in [-0.39, 0.29) is 5.91 Å². The second-order valence-electron chi connectivity index (χ2n) is 7.26. The maximum Gasteiger partial charge on any atom is 0.246 e. The Labute approximate surface area is 154 Å². The lowest BCUT2D eigenvalue weighted by Crippen LogP contribution is -2.40. The van der Waals surface area contributed by atoms with Crippen molar-refractivity contribution < 1.29 is 4.79 Å². The second kappa shape index (κ2) is 8.29. The molecule has 0 bridgehead atoms. The topological polar surface area (TPSA) is 68.8 Å². The molecular formula is C19H28N6O. The lowest BCUT2D eigenvalue weighted by molar-refractivity contribution is -0.127. The van der Waals surface area contributed by atoms with Crippen LogP contribution in [0.1, 0.15) is 50.9 Å². The summed E-state index contributed by atoms with van der Waals surface area (Å²) >= 11 is 0. The summed E-state index contributed by atoms with van der Waals surface area (Å²) in [4.78, 5) is 14.5. The Morgan fingerprint density at radius 2 is 2.23 bits per heavy atom. The molecule has 0 aliphatic carbocycles. The third kappa shape index (κ3) is 4.59. The highest BCUT2D eigenvalue weighted by Gasteiger charge is 2.23. The molecule has 0 unspecified atom stereocenters. The fourth-order valence-electron chi connectivity index (χ4n) is 3.26. The van der Waals surface area contributed by atoms with Crippen molar-refractivity contribution in [3.8, 4) is 0 Å². The van der Waals surface area contributed by atoms with Crippen LogP contribution in [0.4, 0.5) is 0 Å². The smallest absolute Gasteiger partial charge is 0.246 e. The van der Waals surface area contributed by atoms with E-state index >= 15 is 0 Å². The zero-order valence-corrected chi connectivity index (χ0v) is 15.9. The number of rotatable bonds is 6. The average Bonchev–Trinajstić information content (AvgIpc) is 3.29. The van der Waals surface area contributed by atoms with E-state index in [2.05, 4.69) is 36.2 Å². The molecule has 3 rings (SSSR count). The van der Waals surface area contributed by atoms with Crippen LogP contribution >= 0.6 is 0 Å². The zero-order chi connectivity index (χ0) is 18.5. The van der Waals surface area contributed by atoms with Gasteiger partial charge in [-0.05, 0) is 45.1 Å². The summed E-state index contributed by atoms with van der Waals surface area (Å²) in [6.45, 7) is 8.66. The van der Waals surface area contributed by atoms with Crippen molar-refractivity contribution in [2.75, 3.05) is 13.1 Å². The minimum Gasteiger partial charge on any atom is -0.339 e. The molecule has 1 saturated heterocycles. The Morgan fingerprint density at radius 1 is 1.38 bits per heavy atom. The van der Waals surface area contributed by atoms with Crippen LogP contribution < -0.4 is 0 Å². The molecule has 0 spiro atoms. The summed E-state index contributed by atoms with van der Waals surface area (Å²) in [6.07, 6.45) is 12.3. The number of carbonyl (C=O) groups is 1. The van der Waals surface area contributed by atoms with Gasteiger partial charge in [-0.25, -0.2) is 0 Å². The zero-order valence-electron chi connectivity index (χ0n) is 15.9. The average molecular weight is 356 g/mol. The number of amides is 1. The van der Waals surface area contributed by atoms with Crippen molar-refractivity contribution in [2.24, 2.45) is 5.92 Å². The van der Waals surface area contributed by atoms with E-state index < -0.39 is 0 Å². The van der Waals surface area contributed by atoms with Gasteiger partial charge in [-0.3, -0.25) is 14.2 Å². The van der Waals surface area contributed by atoms with Gasteiger partial charge < -0.3 is 4.90 Å². The molecule has 0 radical (unpaired) electrons. The number of hydrogen-bond acceptors (Lipinski definition) is 4. The Hall–Kier alpha value is -2.44. The summed E-state index contributed by atoms with van der Waals surface area (Å²) in [6, 6.07) is 0.320. The van der Waals surface area contributed by atoms with Gasteiger partial charge in [-0.2, -0.15) is 5.10 Å². The predicted octanol–water partition coefficient (Wildman–Crippen LogP) is 2.57. The van der Waals surface area contributed by atoms with E-state index in [1.165, 1.54) is 0 Å². The van der Waals surface area contributed by atoms with Gasteiger partial charge in [0, 0.05) is 49.7 Å². The van der Waals surface area contributed by atoms with Crippen LogP contribution in [-0.4, -0.2) is 48.7 Å². The number of aryl methyl sites for hydroxylation is 1. The Morgan fingerprint density at radius 3 is 2.92 bits per heavy atom. The van der Waals surface area contributed by atoms with Crippen LogP contribution in [-0.2, 0) is 17.8 Å². The van der Waals surface area contributed by atoms with Crippen molar-refractivity contribution in [1.82, 2.24) is 29.7 Å². The molecule has 3 heterocycles. The second-order valence-corrected chi connectivity index (χ2v) is 7.26. The summed E-state index contributed by atoms with van der Waals surface area (Å²) in [5, 5.41) is 12.6. The lowest BCUT2D eigenvalue weighted by Gasteiger charge is -2.32. The van der Waals surface area contributed by atoms with Gasteiger partial charge >= 0.3 is 0 Å². The molecule has 2 aromatic heterocycles. The molecule has 1 aliphatic heterocycles. The van der Waals surface area contributed by atoms with Gasteiger partial charge in [0.2, 0.25) is 5.91 Å². The summed E-state index contributed by atoms with van der Waals surface area (Å²) in [5.74, 6) is 0.496. The molecule has 1 fully saturated rings. The van der Waals surface area contributed by atoms with E-state index in [9.17, 15) is 4.79 Å². The minimum atomic E-state index is 0.0693. The molecule has 7 nitrogen and oxygen atoms in total. The lowest BCUT2D eigenvalue weighted by atomic mass is 9.98. The Balaban J connectivity index is 1.55. The largest absolute Gasteiger partial charge is 0.339 e. The van der Waals surface area contributed by atoms with Crippen LogP contribution in [0.2, 0.25) is 0 Å². The van der Waals surface area contributed by atoms with Gasteiger partial charge in [0.05, 0.1) is 11.9 Å². The Kier molecular flexibility index (Phi) is 5.85.